The number of unbranched alkanes of at least 4 members (excludes halogenated alkanes) is 2. The number of benzene rings is 4. The van der Waals surface area contributed by atoms with Crippen molar-refractivity contribution < 1.29 is 22.8 Å². The Labute approximate surface area is 304 Å². The van der Waals surface area contributed by atoms with Gasteiger partial charge >= 0.3 is 6.18 Å². The third-order valence-electron chi connectivity index (χ3n) is 9.49. The molecule has 0 aromatic heterocycles. The van der Waals surface area contributed by atoms with Crippen molar-refractivity contribution >= 4 is 17.9 Å². The van der Waals surface area contributed by atoms with Gasteiger partial charge in [0, 0.05) is 51.8 Å². The molecule has 1 aliphatic heterocycles. The molecule has 4 aromatic carbocycles. The van der Waals surface area contributed by atoms with Gasteiger partial charge in [-0.3, -0.25) is 14.5 Å². The van der Waals surface area contributed by atoms with Crippen LogP contribution in [0.15, 0.2) is 109 Å². The largest absolute Gasteiger partial charge is 0.416 e. The highest BCUT2D eigenvalue weighted by Crippen LogP contribution is 2.29. The van der Waals surface area contributed by atoms with E-state index in [0.717, 1.165) is 55.5 Å². The molecule has 52 heavy (non-hydrogen) atoms. The zero-order valence-electron chi connectivity index (χ0n) is 29.6. The van der Waals surface area contributed by atoms with Gasteiger partial charge in [0.15, 0.2) is 0 Å². The lowest BCUT2D eigenvalue weighted by Gasteiger charge is -2.39. The lowest BCUT2D eigenvalue weighted by Crippen LogP contribution is -2.56. The van der Waals surface area contributed by atoms with E-state index < -0.39 is 23.7 Å². The van der Waals surface area contributed by atoms with Gasteiger partial charge in [-0.1, -0.05) is 98.6 Å². The Hall–Kier alpha value is -5.20. The average molecular weight is 707 g/mol. The standard InChI is InChI=1S/C43H45F3N4O2/c1-2-3-5-8-33-11-17-38(18-12-33)32-50(41(51)24-21-34-19-22-39(23-20-34)43(44,45)46)40(29-35-13-15-36(30-47)16-14-35)42(52)49-27-25-48(26-28-49)31-37-9-6-4-7-10-37/h4,6-7,9-24,40H,2-3,5,8,25-29,31-32H2,1H3/b24-21+/t40-/m0/s1. The maximum atomic E-state index is 14.6. The van der Waals surface area contributed by atoms with Crippen LogP contribution >= 0.6 is 0 Å². The van der Waals surface area contributed by atoms with Crippen molar-refractivity contribution in [2.75, 3.05) is 26.2 Å². The number of alkyl halides is 3. The molecular formula is C43H45F3N4O2. The van der Waals surface area contributed by atoms with Crippen molar-refractivity contribution in [3.05, 3.63) is 148 Å². The van der Waals surface area contributed by atoms with Crippen LogP contribution in [-0.2, 0) is 41.7 Å². The fourth-order valence-electron chi connectivity index (χ4n) is 6.42. The molecule has 0 N–H and O–H groups in total. The van der Waals surface area contributed by atoms with Crippen LogP contribution in [-0.4, -0.2) is 58.7 Å². The highest BCUT2D eigenvalue weighted by Gasteiger charge is 2.34. The second-order valence-electron chi connectivity index (χ2n) is 13.3. The summed E-state index contributed by atoms with van der Waals surface area (Å²) in [5, 5.41) is 9.37. The van der Waals surface area contributed by atoms with Gasteiger partial charge in [-0.15, -0.1) is 0 Å². The summed E-state index contributed by atoms with van der Waals surface area (Å²) in [5.41, 5.74) is 4.23. The topological polar surface area (TPSA) is 67.6 Å². The molecule has 0 spiro atoms. The molecule has 0 saturated carbocycles. The van der Waals surface area contributed by atoms with E-state index in [-0.39, 0.29) is 18.9 Å². The molecule has 1 atom stereocenters. The third kappa shape index (κ3) is 10.9. The second-order valence-corrected chi connectivity index (χ2v) is 13.3. The number of aryl methyl sites for hydroxylation is 1. The Morgan fingerprint density at radius 3 is 2.06 bits per heavy atom. The molecule has 1 heterocycles. The van der Waals surface area contributed by atoms with Crippen LogP contribution in [0.2, 0.25) is 0 Å². The predicted molar refractivity (Wildman–Crippen MR) is 198 cm³/mol. The zero-order valence-corrected chi connectivity index (χ0v) is 29.6. The molecule has 1 saturated heterocycles. The fraction of sp³-hybridized carbons (Fsp3) is 0.326. The SMILES string of the molecule is CCCCCc1ccc(CN(C(=O)/C=C/c2ccc(C(F)(F)F)cc2)[C@@H](Cc2ccc(C#N)cc2)C(=O)N2CCN(Cc3ccccc3)CC2)cc1. The molecule has 1 fully saturated rings. The number of amides is 2. The zero-order chi connectivity index (χ0) is 36.9. The molecule has 0 unspecified atom stereocenters. The molecule has 270 valence electrons. The van der Waals surface area contributed by atoms with Crippen molar-refractivity contribution in [1.29, 1.82) is 5.26 Å². The summed E-state index contributed by atoms with van der Waals surface area (Å²) in [6, 6.07) is 31.2. The summed E-state index contributed by atoms with van der Waals surface area (Å²) in [6.45, 7) is 5.49. The molecule has 6 nitrogen and oxygen atoms in total. The maximum absolute atomic E-state index is 14.6. The minimum absolute atomic E-state index is 0.159. The highest BCUT2D eigenvalue weighted by atomic mass is 19.4. The number of rotatable bonds is 14. The number of hydrogen-bond acceptors (Lipinski definition) is 4. The average Bonchev–Trinajstić information content (AvgIpc) is 3.16. The monoisotopic (exact) mass is 706 g/mol. The molecule has 1 aliphatic rings. The number of nitrogens with zero attached hydrogens (tertiary/aromatic N) is 4. The Bertz CT molecular complexity index is 1810. The smallest absolute Gasteiger partial charge is 0.338 e. The number of hydrogen-bond donors (Lipinski definition) is 0. The summed E-state index contributed by atoms with van der Waals surface area (Å²) in [6.07, 6.45) is 2.91. The summed E-state index contributed by atoms with van der Waals surface area (Å²) in [5.74, 6) is -0.599. The molecule has 0 aliphatic carbocycles. The van der Waals surface area contributed by atoms with E-state index in [1.165, 1.54) is 35.4 Å². The van der Waals surface area contributed by atoms with Crippen LogP contribution in [0, 0.1) is 11.3 Å². The first-order valence-electron chi connectivity index (χ1n) is 17.9. The first-order chi connectivity index (χ1) is 25.1. The van der Waals surface area contributed by atoms with E-state index in [9.17, 15) is 28.0 Å². The summed E-state index contributed by atoms with van der Waals surface area (Å²) < 4.78 is 39.5. The first kappa shape index (κ1) is 38.0. The van der Waals surface area contributed by atoms with Crippen LogP contribution in [0.5, 0.6) is 0 Å². The van der Waals surface area contributed by atoms with Crippen LogP contribution in [0.3, 0.4) is 0 Å². The van der Waals surface area contributed by atoms with Gasteiger partial charge < -0.3 is 9.80 Å². The van der Waals surface area contributed by atoms with Crippen LogP contribution in [0.25, 0.3) is 6.08 Å². The first-order valence-corrected chi connectivity index (χ1v) is 17.9. The van der Waals surface area contributed by atoms with E-state index >= 15 is 0 Å². The third-order valence-corrected chi connectivity index (χ3v) is 9.49. The Morgan fingerprint density at radius 1 is 0.808 bits per heavy atom. The van der Waals surface area contributed by atoms with Crippen LogP contribution in [0.1, 0.15) is 65.1 Å². The van der Waals surface area contributed by atoms with E-state index in [4.69, 9.17) is 0 Å². The number of nitriles is 1. The van der Waals surface area contributed by atoms with Gasteiger partial charge in [-0.05, 0) is 71.0 Å². The van der Waals surface area contributed by atoms with Crippen molar-refractivity contribution in [1.82, 2.24) is 14.7 Å². The minimum Gasteiger partial charge on any atom is -0.338 e. The second kappa shape index (κ2) is 18.3. The molecule has 0 bridgehead atoms. The number of halogens is 3. The number of carbonyl (C=O) groups excluding carboxylic acids is 2. The molecule has 0 radical (unpaired) electrons. The Kier molecular flexibility index (Phi) is 13.4. The number of carbonyl (C=O) groups is 2. The summed E-state index contributed by atoms with van der Waals surface area (Å²) >= 11 is 0. The van der Waals surface area contributed by atoms with Crippen molar-refractivity contribution in [2.24, 2.45) is 0 Å². The lowest BCUT2D eigenvalue weighted by molar-refractivity contribution is -0.145. The van der Waals surface area contributed by atoms with E-state index in [2.05, 4.69) is 42.2 Å². The molecule has 9 heteroatoms. The van der Waals surface area contributed by atoms with Gasteiger partial charge in [0.05, 0.1) is 17.2 Å². The lowest BCUT2D eigenvalue weighted by atomic mass is 10.00. The quantitative estimate of drug-likeness (QED) is 0.0978. The minimum atomic E-state index is -4.47. The molecule has 5 rings (SSSR count). The molecule has 2 amide bonds. The van der Waals surface area contributed by atoms with Crippen molar-refractivity contribution in [2.45, 2.75) is 64.3 Å². The van der Waals surface area contributed by atoms with Gasteiger partial charge in [0.1, 0.15) is 6.04 Å². The molecule has 4 aromatic rings. The van der Waals surface area contributed by atoms with Gasteiger partial charge in [0.2, 0.25) is 11.8 Å². The maximum Gasteiger partial charge on any atom is 0.416 e. The van der Waals surface area contributed by atoms with Crippen LogP contribution in [0.4, 0.5) is 13.2 Å². The number of piperazine rings is 1. The molecular weight excluding hydrogens is 661 g/mol. The summed E-state index contributed by atoms with van der Waals surface area (Å²) in [4.78, 5) is 34.5. The Balaban J connectivity index is 1.43. The fourth-order valence-corrected chi connectivity index (χ4v) is 6.42. The summed E-state index contributed by atoms with van der Waals surface area (Å²) in [7, 11) is 0. The van der Waals surface area contributed by atoms with Gasteiger partial charge in [-0.25, -0.2) is 0 Å². The van der Waals surface area contributed by atoms with Gasteiger partial charge in [-0.2, -0.15) is 18.4 Å². The van der Waals surface area contributed by atoms with Crippen molar-refractivity contribution in [3.63, 3.8) is 0 Å². The highest BCUT2D eigenvalue weighted by molar-refractivity contribution is 5.95. The normalized spacial score (nSPS) is 14.2. The predicted octanol–water partition coefficient (Wildman–Crippen LogP) is 8.31. The van der Waals surface area contributed by atoms with Gasteiger partial charge in [0.25, 0.3) is 0 Å². The van der Waals surface area contributed by atoms with E-state index in [1.54, 1.807) is 17.0 Å². The van der Waals surface area contributed by atoms with E-state index in [1.807, 2.05) is 47.4 Å². The van der Waals surface area contributed by atoms with Crippen LogP contribution < -0.4 is 0 Å². The Morgan fingerprint density at radius 2 is 1.44 bits per heavy atom. The van der Waals surface area contributed by atoms with E-state index in [0.29, 0.717) is 37.3 Å². The van der Waals surface area contributed by atoms with Crippen molar-refractivity contribution in [3.8, 4) is 6.07 Å².